The number of nitriles is 2. The zero-order chi connectivity index (χ0) is 20.5. The van der Waals surface area contributed by atoms with E-state index >= 15 is 0 Å². The maximum atomic E-state index is 9.44. The van der Waals surface area contributed by atoms with Gasteiger partial charge in [0.15, 0.2) is 0 Å². The molecule has 5 rings (SSSR count). The van der Waals surface area contributed by atoms with Crippen LogP contribution >= 0.6 is 0 Å². The van der Waals surface area contributed by atoms with E-state index in [1.54, 1.807) is 0 Å². The van der Waals surface area contributed by atoms with Crippen LogP contribution in [0.5, 0.6) is 0 Å². The first-order valence-electron chi connectivity index (χ1n) is 9.74. The molecule has 138 valence electrons. The molecule has 0 atom stereocenters. The molecule has 0 aliphatic heterocycles. The second-order valence-electron chi connectivity index (χ2n) is 7.21. The number of benzene rings is 1. The molecule has 2 heteroatoms. The van der Waals surface area contributed by atoms with Crippen molar-refractivity contribution in [2.75, 3.05) is 0 Å². The highest BCUT2D eigenvalue weighted by molar-refractivity contribution is 5.91. The summed E-state index contributed by atoms with van der Waals surface area (Å²) in [6.07, 6.45) is 0. The summed E-state index contributed by atoms with van der Waals surface area (Å²) in [4.78, 5) is 0. The van der Waals surface area contributed by atoms with E-state index in [1.165, 1.54) is 0 Å². The lowest BCUT2D eigenvalue weighted by atomic mass is 9.96. The monoisotopic (exact) mass is 380 g/mol. The number of hydrogen-bond acceptors (Lipinski definition) is 2. The molecule has 0 unspecified atom stereocenters. The van der Waals surface area contributed by atoms with Gasteiger partial charge in [-0.05, 0) is 45.5 Å². The second kappa shape index (κ2) is 7.21. The summed E-state index contributed by atoms with van der Waals surface area (Å²) in [6.45, 7) is 0. The standard InChI is InChI=1S/C28H16N2/c29-17-21-5-1-3-7-27-23(13-15-25(21)27)19-9-11-20(12-10-19)24-14-16-26-22(18-30)6-2-4-8-28(24)26/h1-16H. The SMILES string of the molecule is N#Cc1ccccc2c(-c3ccc(-c4ccc5c(C#N)ccccc4-5)cc3)ccc1-2. The molecule has 4 aliphatic rings. The van der Waals surface area contributed by atoms with E-state index in [9.17, 15) is 10.5 Å². The Kier molecular flexibility index (Phi) is 4.25. The lowest BCUT2D eigenvalue weighted by Crippen LogP contribution is -1.82. The van der Waals surface area contributed by atoms with Crippen LogP contribution < -0.4 is 0 Å². The molecule has 0 bridgehead atoms. The molecule has 0 saturated heterocycles. The van der Waals surface area contributed by atoms with Crippen LogP contribution in [0.2, 0.25) is 0 Å². The lowest BCUT2D eigenvalue weighted by Gasteiger charge is -2.07. The molecule has 4 aliphatic carbocycles. The summed E-state index contributed by atoms with van der Waals surface area (Å²) in [7, 11) is 0. The summed E-state index contributed by atoms with van der Waals surface area (Å²) >= 11 is 0. The molecule has 0 spiro atoms. The number of hydrogen-bond donors (Lipinski definition) is 0. The molecule has 1 aromatic carbocycles. The third kappa shape index (κ3) is 2.80. The van der Waals surface area contributed by atoms with E-state index in [1.807, 2.05) is 48.5 Å². The van der Waals surface area contributed by atoms with Gasteiger partial charge < -0.3 is 0 Å². The van der Waals surface area contributed by atoms with Gasteiger partial charge in [-0.1, -0.05) is 84.9 Å². The molecule has 2 nitrogen and oxygen atoms in total. The quantitative estimate of drug-likeness (QED) is 0.332. The molecular weight excluding hydrogens is 364 g/mol. The maximum Gasteiger partial charge on any atom is 0.0998 e. The van der Waals surface area contributed by atoms with Crippen molar-refractivity contribution in [3.63, 3.8) is 0 Å². The van der Waals surface area contributed by atoms with Gasteiger partial charge >= 0.3 is 0 Å². The van der Waals surface area contributed by atoms with Crippen molar-refractivity contribution in [1.82, 2.24) is 0 Å². The predicted octanol–water partition coefficient (Wildman–Crippen LogP) is 6.97. The zero-order valence-corrected chi connectivity index (χ0v) is 16.1. The minimum absolute atomic E-state index is 0.683. The normalized spacial score (nSPS) is 10.6. The van der Waals surface area contributed by atoms with E-state index in [0.29, 0.717) is 11.1 Å². The van der Waals surface area contributed by atoms with Crippen molar-refractivity contribution in [2.24, 2.45) is 0 Å². The summed E-state index contributed by atoms with van der Waals surface area (Å²) < 4.78 is 0. The highest BCUT2D eigenvalue weighted by Gasteiger charge is 2.16. The minimum Gasteiger partial charge on any atom is -0.192 e. The first-order chi connectivity index (χ1) is 14.8. The highest BCUT2D eigenvalue weighted by Crippen LogP contribution is 2.40. The van der Waals surface area contributed by atoms with Gasteiger partial charge in [0.2, 0.25) is 0 Å². The Bertz CT molecular complexity index is 1290. The van der Waals surface area contributed by atoms with E-state index in [2.05, 4.69) is 60.7 Å². The molecule has 0 heterocycles. The second-order valence-corrected chi connectivity index (χ2v) is 7.21. The van der Waals surface area contributed by atoms with Gasteiger partial charge in [-0.25, -0.2) is 0 Å². The van der Waals surface area contributed by atoms with Crippen LogP contribution in [0.25, 0.3) is 44.5 Å². The summed E-state index contributed by atoms with van der Waals surface area (Å²) in [5.74, 6) is 0. The average molecular weight is 380 g/mol. The van der Waals surface area contributed by atoms with E-state index in [4.69, 9.17) is 0 Å². The van der Waals surface area contributed by atoms with Crippen LogP contribution in [0.1, 0.15) is 11.1 Å². The van der Waals surface area contributed by atoms with Crippen molar-refractivity contribution in [3.8, 4) is 56.6 Å². The molecule has 0 aromatic heterocycles. The van der Waals surface area contributed by atoms with Crippen LogP contribution in [0.4, 0.5) is 0 Å². The van der Waals surface area contributed by atoms with Crippen molar-refractivity contribution >= 4 is 0 Å². The highest BCUT2D eigenvalue weighted by atomic mass is 14.3. The van der Waals surface area contributed by atoms with Crippen LogP contribution in [-0.2, 0) is 0 Å². The molecule has 0 N–H and O–H groups in total. The van der Waals surface area contributed by atoms with E-state index in [0.717, 1.165) is 44.5 Å². The molecule has 30 heavy (non-hydrogen) atoms. The Labute approximate surface area is 175 Å². The zero-order valence-electron chi connectivity index (χ0n) is 16.1. The van der Waals surface area contributed by atoms with Gasteiger partial charge in [0.05, 0.1) is 23.3 Å². The molecule has 0 saturated carbocycles. The van der Waals surface area contributed by atoms with Crippen LogP contribution in [0.15, 0.2) is 97.1 Å². The Balaban J connectivity index is 1.56. The van der Waals surface area contributed by atoms with Gasteiger partial charge in [0, 0.05) is 11.1 Å². The fourth-order valence-electron chi connectivity index (χ4n) is 4.13. The topological polar surface area (TPSA) is 47.6 Å². The third-order valence-electron chi connectivity index (χ3n) is 5.60. The number of rotatable bonds is 2. The Morgan fingerprint density at radius 1 is 0.367 bits per heavy atom. The van der Waals surface area contributed by atoms with E-state index < -0.39 is 0 Å². The summed E-state index contributed by atoms with van der Waals surface area (Å²) in [5.41, 5.74) is 9.93. The lowest BCUT2D eigenvalue weighted by molar-refractivity contribution is 1.50. The third-order valence-corrected chi connectivity index (χ3v) is 5.60. The molecule has 0 amide bonds. The smallest absolute Gasteiger partial charge is 0.0998 e. The van der Waals surface area contributed by atoms with Gasteiger partial charge in [-0.3, -0.25) is 0 Å². The van der Waals surface area contributed by atoms with Gasteiger partial charge in [0.25, 0.3) is 0 Å². The molecular formula is C28H16N2. The molecule has 1 aromatic rings. The minimum atomic E-state index is 0.683. The van der Waals surface area contributed by atoms with Gasteiger partial charge in [-0.15, -0.1) is 0 Å². The van der Waals surface area contributed by atoms with Crippen LogP contribution in [0.3, 0.4) is 0 Å². The van der Waals surface area contributed by atoms with Crippen molar-refractivity contribution < 1.29 is 0 Å². The Morgan fingerprint density at radius 2 is 0.733 bits per heavy atom. The number of nitrogens with zero attached hydrogens (tertiary/aromatic N) is 2. The first kappa shape index (κ1) is 17.7. The van der Waals surface area contributed by atoms with Crippen LogP contribution in [0, 0.1) is 22.7 Å². The predicted molar refractivity (Wildman–Crippen MR) is 120 cm³/mol. The largest absolute Gasteiger partial charge is 0.192 e. The first-order valence-corrected chi connectivity index (χ1v) is 9.74. The maximum absolute atomic E-state index is 9.44. The van der Waals surface area contributed by atoms with Crippen LogP contribution in [-0.4, -0.2) is 0 Å². The van der Waals surface area contributed by atoms with Gasteiger partial charge in [-0.2, -0.15) is 10.5 Å². The molecule has 0 radical (unpaired) electrons. The Hall–Kier alpha value is -4.40. The van der Waals surface area contributed by atoms with Crippen molar-refractivity contribution in [1.29, 1.82) is 10.5 Å². The average Bonchev–Trinajstić information content (AvgIpc) is 3.26. The summed E-state index contributed by atoms with van der Waals surface area (Å²) in [5, 5.41) is 18.9. The van der Waals surface area contributed by atoms with Crippen molar-refractivity contribution in [2.45, 2.75) is 0 Å². The number of fused-ring (bicyclic) bond motifs is 2. The fourth-order valence-corrected chi connectivity index (χ4v) is 4.13. The summed E-state index contributed by atoms with van der Waals surface area (Å²) in [6, 6.07) is 36.9. The van der Waals surface area contributed by atoms with Gasteiger partial charge in [0.1, 0.15) is 0 Å². The molecule has 0 fully saturated rings. The van der Waals surface area contributed by atoms with Crippen molar-refractivity contribution in [3.05, 3.63) is 108 Å². The fraction of sp³-hybridized carbons (Fsp3) is 0. The van der Waals surface area contributed by atoms with E-state index in [-0.39, 0.29) is 0 Å². The Morgan fingerprint density at radius 3 is 1.13 bits per heavy atom.